The summed E-state index contributed by atoms with van der Waals surface area (Å²) < 4.78 is 0. The Hall–Kier alpha value is -1.71. The lowest BCUT2D eigenvalue weighted by Crippen LogP contribution is -2.29. The first-order chi connectivity index (χ1) is 10.7. The molecule has 3 heterocycles. The van der Waals surface area contributed by atoms with Crippen molar-refractivity contribution in [3.8, 4) is 0 Å². The molecule has 1 unspecified atom stereocenters. The molecule has 2 aromatic heterocycles. The maximum atomic E-state index is 4.97. The van der Waals surface area contributed by atoms with E-state index in [2.05, 4.69) is 34.8 Å². The molecule has 0 aromatic carbocycles. The van der Waals surface area contributed by atoms with E-state index in [0.717, 1.165) is 36.2 Å². The maximum absolute atomic E-state index is 4.97. The second-order valence-corrected chi connectivity index (χ2v) is 6.59. The van der Waals surface area contributed by atoms with E-state index in [1.54, 1.807) is 6.33 Å². The van der Waals surface area contributed by atoms with Gasteiger partial charge in [-0.2, -0.15) is 0 Å². The summed E-state index contributed by atoms with van der Waals surface area (Å²) in [6.07, 6.45) is 7.77. The summed E-state index contributed by atoms with van der Waals surface area (Å²) >= 11 is 0. The highest BCUT2D eigenvalue weighted by Crippen LogP contribution is 2.30. The number of rotatable bonds is 4. The van der Waals surface area contributed by atoms with Gasteiger partial charge in [0.25, 0.3) is 0 Å². The predicted molar refractivity (Wildman–Crippen MR) is 91.3 cm³/mol. The van der Waals surface area contributed by atoms with E-state index in [1.165, 1.54) is 37.1 Å². The summed E-state index contributed by atoms with van der Waals surface area (Å²) in [5.74, 6) is 1.89. The smallest absolute Gasteiger partial charge is 0.132 e. The fraction of sp³-hybridized carbons (Fsp3) is 0.611. The van der Waals surface area contributed by atoms with E-state index in [4.69, 9.17) is 4.98 Å². The number of aromatic nitrogens is 3. The molecule has 0 aliphatic carbocycles. The SMILES string of the molecule is CCCCCN1CC(C)CCc2cc3ncnc(C)c3nc21. The van der Waals surface area contributed by atoms with E-state index >= 15 is 0 Å². The van der Waals surface area contributed by atoms with Gasteiger partial charge in [0.2, 0.25) is 0 Å². The van der Waals surface area contributed by atoms with Crippen molar-refractivity contribution >= 4 is 16.9 Å². The van der Waals surface area contributed by atoms with Gasteiger partial charge in [-0.25, -0.2) is 15.0 Å². The van der Waals surface area contributed by atoms with Crippen LogP contribution in [-0.2, 0) is 6.42 Å². The highest BCUT2D eigenvalue weighted by molar-refractivity contribution is 5.79. The molecule has 3 rings (SSSR count). The van der Waals surface area contributed by atoms with Crippen LogP contribution in [0.15, 0.2) is 12.4 Å². The van der Waals surface area contributed by atoms with Gasteiger partial charge in [0.05, 0.1) is 11.2 Å². The number of hydrogen-bond donors (Lipinski definition) is 0. The van der Waals surface area contributed by atoms with E-state index in [0.29, 0.717) is 5.92 Å². The highest BCUT2D eigenvalue weighted by atomic mass is 15.2. The Morgan fingerprint density at radius 1 is 1.27 bits per heavy atom. The zero-order valence-electron chi connectivity index (χ0n) is 14.0. The minimum Gasteiger partial charge on any atom is -0.356 e. The molecule has 2 aromatic rings. The lowest BCUT2D eigenvalue weighted by atomic mass is 10.0. The van der Waals surface area contributed by atoms with Crippen LogP contribution in [0, 0.1) is 12.8 Å². The van der Waals surface area contributed by atoms with Crippen molar-refractivity contribution in [2.75, 3.05) is 18.0 Å². The Morgan fingerprint density at radius 2 is 2.14 bits per heavy atom. The van der Waals surface area contributed by atoms with Crippen molar-refractivity contribution in [3.05, 3.63) is 23.7 Å². The minimum atomic E-state index is 0.714. The maximum Gasteiger partial charge on any atom is 0.132 e. The van der Waals surface area contributed by atoms with Gasteiger partial charge in [-0.15, -0.1) is 0 Å². The van der Waals surface area contributed by atoms with Crippen molar-refractivity contribution in [1.82, 2.24) is 15.0 Å². The molecule has 1 aliphatic heterocycles. The molecule has 0 radical (unpaired) electrons. The third-order valence-electron chi connectivity index (χ3n) is 4.62. The summed E-state index contributed by atoms with van der Waals surface area (Å²) in [6, 6.07) is 2.23. The van der Waals surface area contributed by atoms with Crippen LogP contribution >= 0.6 is 0 Å². The number of pyridine rings is 1. The third-order valence-corrected chi connectivity index (χ3v) is 4.62. The molecule has 0 saturated carbocycles. The topological polar surface area (TPSA) is 41.9 Å². The number of hydrogen-bond acceptors (Lipinski definition) is 4. The van der Waals surface area contributed by atoms with E-state index < -0.39 is 0 Å². The molecule has 1 aliphatic rings. The van der Waals surface area contributed by atoms with Gasteiger partial charge in [-0.3, -0.25) is 0 Å². The Labute approximate surface area is 133 Å². The van der Waals surface area contributed by atoms with Crippen molar-refractivity contribution < 1.29 is 0 Å². The van der Waals surface area contributed by atoms with Crippen LogP contribution in [0.25, 0.3) is 11.0 Å². The number of aryl methyl sites for hydroxylation is 2. The fourth-order valence-corrected chi connectivity index (χ4v) is 3.30. The summed E-state index contributed by atoms with van der Waals surface area (Å²) in [6.45, 7) is 8.84. The molecular weight excluding hydrogens is 272 g/mol. The molecule has 0 saturated heterocycles. The first-order valence-corrected chi connectivity index (χ1v) is 8.55. The Morgan fingerprint density at radius 3 is 2.95 bits per heavy atom. The third kappa shape index (κ3) is 3.06. The summed E-state index contributed by atoms with van der Waals surface area (Å²) in [5.41, 5.74) is 4.26. The van der Waals surface area contributed by atoms with Gasteiger partial charge in [0.15, 0.2) is 0 Å². The van der Waals surface area contributed by atoms with E-state index in [1.807, 2.05) is 6.92 Å². The normalized spacial score (nSPS) is 18.3. The van der Waals surface area contributed by atoms with Crippen molar-refractivity contribution in [2.24, 2.45) is 5.92 Å². The minimum absolute atomic E-state index is 0.714. The Bertz CT molecular complexity index is 653. The molecular formula is C18H26N4. The van der Waals surface area contributed by atoms with Crippen LogP contribution in [0.1, 0.15) is 50.8 Å². The second kappa shape index (κ2) is 6.59. The van der Waals surface area contributed by atoms with Gasteiger partial charge < -0.3 is 4.90 Å². The van der Waals surface area contributed by atoms with Crippen molar-refractivity contribution in [3.63, 3.8) is 0 Å². The second-order valence-electron chi connectivity index (χ2n) is 6.59. The summed E-state index contributed by atoms with van der Waals surface area (Å²) in [7, 11) is 0. The molecule has 4 heteroatoms. The molecule has 0 N–H and O–H groups in total. The molecule has 118 valence electrons. The zero-order valence-corrected chi connectivity index (χ0v) is 14.0. The van der Waals surface area contributed by atoms with Crippen LogP contribution in [0.4, 0.5) is 5.82 Å². The number of fused-ring (bicyclic) bond motifs is 2. The molecule has 1 atom stereocenters. The van der Waals surface area contributed by atoms with Gasteiger partial charge in [-0.05, 0) is 43.7 Å². The Kier molecular flexibility index (Phi) is 4.55. The van der Waals surface area contributed by atoms with Crippen LogP contribution in [0.2, 0.25) is 0 Å². The van der Waals surface area contributed by atoms with Crippen molar-refractivity contribution in [1.29, 1.82) is 0 Å². The van der Waals surface area contributed by atoms with Crippen molar-refractivity contribution in [2.45, 2.75) is 52.9 Å². The lowest BCUT2D eigenvalue weighted by Gasteiger charge is -2.26. The number of nitrogens with zero attached hydrogens (tertiary/aromatic N) is 4. The molecule has 22 heavy (non-hydrogen) atoms. The van der Waals surface area contributed by atoms with Gasteiger partial charge in [0, 0.05) is 13.1 Å². The van der Waals surface area contributed by atoms with Gasteiger partial charge >= 0.3 is 0 Å². The fourth-order valence-electron chi connectivity index (χ4n) is 3.30. The zero-order chi connectivity index (χ0) is 15.5. The number of unbranched alkanes of at least 4 members (excludes halogenated alkanes) is 2. The summed E-state index contributed by atoms with van der Waals surface area (Å²) in [4.78, 5) is 16.2. The average molecular weight is 298 g/mol. The largest absolute Gasteiger partial charge is 0.356 e. The molecule has 0 spiro atoms. The monoisotopic (exact) mass is 298 g/mol. The lowest BCUT2D eigenvalue weighted by molar-refractivity contribution is 0.526. The molecule has 0 amide bonds. The van der Waals surface area contributed by atoms with Crippen LogP contribution in [-0.4, -0.2) is 28.0 Å². The number of anilines is 1. The summed E-state index contributed by atoms with van der Waals surface area (Å²) in [5, 5.41) is 0. The van der Waals surface area contributed by atoms with E-state index in [-0.39, 0.29) is 0 Å². The standard InChI is InChI=1S/C18H26N4/c1-4-5-6-9-22-11-13(2)7-8-15-10-16-17(21-18(15)22)14(3)19-12-20-16/h10,12-13H,4-9,11H2,1-3H3. The van der Waals surface area contributed by atoms with Crippen LogP contribution in [0.5, 0.6) is 0 Å². The van der Waals surface area contributed by atoms with Crippen LogP contribution < -0.4 is 4.90 Å². The predicted octanol–water partition coefficient (Wildman–Crippen LogP) is 3.91. The first-order valence-electron chi connectivity index (χ1n) is 8.55. The molecule has 0 bridgehead atoms. The van der Waals surface area contributed by atoms with Gasteiger partial charge in [-0.1, -0.05) is 26.7 Å². The molecule has 0 fully saturated rings. The highest BCUT2D eigenvalue weighted by Gasteiger charge is 2.21. The Balaban J connectivity index is 2.01. The molecule has 4 nitrogen and oxygen atoms in total. The van der Waals surface area contributed by atoms with Crippen LogP contribution in [0.3, 0.4) is 0 Å². The average Bonchev–Trinajstić information content (AvgIpc) is 2.66. The van der Waals surface area contributed by atoms with E-state index in [9.17, 15) is 0 Å². The quantitative estimate of drug-likeness (QED) is 0.803. The van der Waals surface area contributed by atoms with Gasteiger partial charge in [0.1, 0.15) is 17.7 Å². The first kappa shape index (κ1) is 15.2.